The molecule has 2 N–H and O–H groups in total. The van der Waals surface area contributed by atoms with Crippen molar-refractivity contribution in [3.05, 3.63) is 95.6 Å². The lowest BCUT2D eigenvalue weighted by Gasteiger charge is -2.41. The molecule has 43 heavy (non-hydrogen) atoms. The van der Waals surface area contributed by atoms with E-state index in [0.717, 1.165) is 30.5 Å². The van der Waals surface area contributed by atoms with Crippen LogP contribution in [0.2, 0.25) is 0 Å². The van der Waals surface area contributed by atoms with E-state index in [-0.39, 0.29) is 30.9 Å². The van der Waals surface area contributed by atoms with Gasteiger partial charge >= 0.3 is 6.18 Å². The molecular formula is C32H33F3N4O3S. The number of hydrogen-bond donors (Lipinski definition) is 2. The van der Waals surface area contributed by atoms with Crippen LogP contribution in [0.3, 0.4) is 0 Å². The Morgan fingerprint density at radius 1 is 1.02 bits per heavy atom. The molecule has 1 heterocycles. The standard InChI is InChI=1S/C32H33F3N4O3S/c1-42-26-15-13-25(14-16-26)36-29(41)31(17-5-6-18-31)39(19-22-9-11-24(12-10-22)32(33,34)35)28(40)21-38-20-27(37-30(38)43)23-7-3-2-4-8-23/h2-4,7-16,27H,5-6,17-21H2,1H3,(H,36,41)(H,37,43)/t27-/m1/s1. The van der Waals surface area contributed by atoms with Crippen molar-refractivity contribution >= 4 is 34.8 Å². The summed E-state index contributed by atoms with van der Waals surface area (Å²) in [6, 6.07) is 21.3. The Kier molecular flexibility index (Phi) is 8.91. The summed E-state index contributed by atoms with van der Waals surface area (Å²) in [5, 5.41) is 6.67. The summed E-state index contributed by atoms with van der Waals surface area (Å²) >= 11 is 5.57. The first-order valence-corrected chi connectivity index (χ1v) is 14.5. The van der Waals surface area contributed by atoms with Crippen LogP contribution in [0.15, 0.2) is 78.9 Å². The average molecular weight is 611 g/mol. The Bertz CT molecular complexity index is 1440. The van der Waals surface area contributed by atoms with Gasteiger partial charge in [0.2, 0.25) is 11.8 Å². The number of ether oxygens (including phenoxy) is 1. The molecule has 0 aromatic heterocycles. The Morgan fingerprint density at radius 2 is 1.67 bits per heavy atom. The van der Waals surface area contributed by atoms with Crippen LogP contribution in [-0.4, -0.2) is 52.5 Å². The van der Waals surface area contributed by atoms with Crippen LogP contribution in [0.4, 0.5) is 18.9 Å². The third kappa shape index (κ3) is 6.77. The fraction of sp³-hybridized carbons (Fsp3) is 0.344. The van der Waals surface area contributed by atoms with Crippen molar-refractivity contribution in [2.45, 2.75) is 50.0 Å². The number of methoxy groups -OCH3 is 1. The number of alkyl halides is 3. The van der Waals surface area contributed by atoms with Gasteiger partial charge in [0.15, 0.2) is 5.11 Å². The highest BCUT2D eigenvalue weighted by molar-refractivity contribution is 7.80. The van der Waals surface area contributed by atoms with Gasteiger partial charge in [0, 0.05) is 18.8 Å². The summed E-state index contributed by atoms with van der Waals surface area (Å²) in [5.41, 5.74) is 0.117. The molecule has 1 saturated heterocycles. The van der Waals surface area contributed by atoms with Crippen molar-refractivity contribution in [1.29, 1.82) is 0 Å². The molecule has 0 radical (unpaired) electrons. The van der Waals surface area contributed by atoms with E-state index in [1.54, 1.807) is 41.2 Å². The van der Waals surface area contributed by atoms with E-state index in [9.17, 15) is 22.8 Å². The second kappa shape index (κ2) is 12.6. The van der Waals surface area contributed by atoms with Crippen LogP contribution >= 0.6 is 12.2 Å². The molecule has 0 bridgehead atoms. The minimum atomic E-state index is -4.48. The number of benzene rings is 3. The molecule has 2 fully saturated rings. The number of amides is 2. The summed E-state index contributed by atoms with van der Waals surface area (Å²) < 4.78 is 45.0. The van der Waals surface area contributed by atoms with Crippen molar-refractivity contribution in [3.63, 3.8) is 0 Å². The number of nitrogens with one attached hydrogen (secondary N) is 2. The van der Waals surface area contributed by atoms with Crippen LogP contribution in [0, 0.1) is 0 Å². The minimum absolute atomic E-state index is 0.0247. The Balaban J connectivity index is 1.42. The van der Waals surface area contributed by atoms with E-state index < -0.39 is 17.3 Å². The quantitative estimate of drug-likeness (QED) is 0.293. The van der Waals surface area contributed by atoms with Crippen LogP contribution < -0.4 is 15.4 Å². The highest BCUT2D eigenvalue weighted by Gasteiger charge is 2.49. The molecule has 3 aromatic rings. The van der Waals surface area contributed by atoms with Gasteiger partial charge in [-0.15, -0.1) is 0 Å². The molecule has 1 aliphatic carbocycles. The maximum Gasteiger partial charge on any atom is 0.416 e. The molecule has 3 aromatic carbocycles. The third-order valence-electron chi connectivity index (χ3n) is 8.16. The molecule has 1 atom stereocenters. The summed E-state index contributed by atoms with van der Waals surface area (Å²) in [6.45, 7) is 0.365. The highest BCUT2D eigenvalue weighted by atomic mass is 32.1. The van der Waals surface area contributed by atoms with Gasteiger partial charge in [0.05, 0.1) is 25.3 Å². The summed E-state index contributed by atoms with van der Waals surface area (Å²) in [6.07, 6.45) is -2.17. The molecule has 0 unspecified atom stereocenters. The van der Waals surface area contributed by atoms with E-state index in [2.05, 4.69) is 10.6 Å². The number of carbonyl (C=O) groups is 2. The maximum absolute atomic E-state index is 14.2. The molecule has 1 saturated carbocycles. The number of rotatable bonds is 9. The molecule has 2 aliphatic rings. The lowest BCUT2D eigenvalue weighted by atomic mass is 9.92. The lowest BCUT2D eigenvalue weighted by Crippen LogP contribution is -2.59. The van der Waals surface area contributed by atoms with Crippen molar-refractivity contribution in [2.75, 3.05) is 25.5 Å². The Morgan fingerprint density at radius 3 is 2.28 bits per heavy atom. The fourth-order valence-electron chi connectivity index (χ4n) is 5.81. The smallest absolute Gasteiger partial charge is 0.416 e. The Hall–Kier alpha value is -4.12. The van der Waals surface area contributed by atoms with Gasteiger partial charge in [-0.25, -0.2) is 0 Å². The normalized spacial score (nSPS) is 17.8. The molecule has 0 spiro atoms. The largest absolute Gasteiger partial charge is 0.497 e. The van der Waals surface area contributed by atoms with Gasteiger partial charge in [-0.3, -0.25) is 9.59 Å². The van der Waals surface area contributed by atoms with Crippen LogP contribution in [0.1, 0.15) is 48.4 Å². The van der Waals surface area contributed by atoms with Gasteiger partial charge < -0.3 is 25.2 Å². The van der Waals surface area contributed by atoms with E-state index in [1.165, 1.54) is 12.1 Å². The van der Waals surface area contributed by atoms with E-state index in [4.69, 9.17) is 17.0 Å². The van der Waals surface area contributed by atoms with Gasteiger partial charge in [0.1, 0.15) is 11.3 Å². The number of carbonyl (C=O) groups excluding carboxylic acids is 2. The molecule has 1 aliphatic heterocycles. The number of halogens is 3. The zero-order chi connectivity index (χ0) is 30.6. The monoisotopic (exact) mass is 610 g/mol. The predicted octanol–water partition coefficient (Wildman–Crippen LogP) is 5.93. The number of hydrogen-bond acceptors (Lipinski definition) is 4. The molecule has 2 amide bonds. The van der Waals surface area contributed by atoms with Crippen molar-refractivity contribution < 1.29 is 27.5 Å². The first-order valence-electron chi connectivity index (χ1n) is 14.1. The summed E-state index contributed by atoms with van der Waals surface area (Å²) in [4.78, 5) is 31.5. The zero-order valence-electron chi connectivity index (χ0n) is 23.7. The van der Waals surface area contributed by atoms with Crippen molar-refractivity contribution in [2.24, 2.45) is 0 Å². The van der Waals surface area contributed by atoms with E-state index in [1.807, 2.05) is 30.3 Å². The number of thiocarbonyl (C=S) groups is 1. The lowest BCUT2D eigenvalue weighted by molar-refractivity contribution is -0.146. The molecule has 5 rings (SSSR count). The van der Waals surface area contributed by atoms with Gasteiger partial charge in [-0.1, -0.05) is 55.3 Å². The number of nitrogens with zero attached hydrogens (tertiary/aromatic N) is 2. The van der Waals surface area contributed by atoms with Crippen LogP contribution in [0.25, 0.3) is 0 Å². The van der Waals surface area contributed by atoms with Gasteiger partial charge in [0.25, 0.3) is 0 Å². The van der Waals surface area contributed by atoms with Gasteiger partial charge in [-0.05, 0) is 72.6 Å². The number of anilines is 1. The SMILES string of the molecule is COc1ccc(NC(=O)C2(N(Cc3ccc(C(F)(F)F)cc3)C(=O)CN3C[C@H](c4ccccc4)NC3=S)CCCC2)cc1. The third-order valence-corrected chi connectivity index (χ3v) is 8.53. The molecule has 11 heteroatoms. The first kappa shape index (κ1) is 30.3. The Labute approximate surface area is 254 Å². The topological polar surface area (TPSA) is 73.9 Å². The van der Waals surface area contributed by atoms with E-state index in [0.29, 0.717) is 41.5 Å². The molecule has 226 valence electrons. The predicted molar refractivity (Wildman–Crippen MR) is 161 cm³/mol. The second-order valence-corrected chi connectivity index (χ2v) is 11.3. The zero-order valence-corrected chi connectivity index (χ0v) is 24.5. The van der Waals surface area contributed by atoms with E-state index >= 15 is 0 Å². The van der Waals surface area contributed by atoms with Crippen LogP contribution in [0.5, 0.6) is 5.75 Å². The van der Waals surface area contributed by atoms with Crippen molar-refractivity contribution in [3.8, 4) is 5.75 Å². The minimum Gasteiger partial charge on any atom is -0.497 e. The molecule has 7 nitrogen and oxygen atoms in total. The summed E-state index contributed by atoms with van der Waals surface area (Å²) in [7, 11) is 1.55. The van der Waals surface area contributed by atoms with Crippen LogP contribution in [-0.2, 0) is 22.3 Å². The maximum atomic E-state index is 14.2. The average Bonchev–Trinajstić information content (AvgIpc) is 3.64. The first-order chi connectivity index (χ1) is 20.6. The molecular weight excluding hydrogens is 577 g/mol. The highest BCUT2D eigenvalue weighted by Crippen LogP contribution is 2.38. The fourth-order valence-corrected chi connectivity index (χ4v) is 6.09. The summed E-state index contributed by atoms with van der Waals surface area (Å²) in [5.74, 6) is -0.0269. The second-order valence-electron chi connectivity index (χ2n) is 10.9. The van der Waals surface area contributed by atoms with Crippen molar-refractivity contribution in [1.82, 2.24) is 15.1 Å². The van der Waals surface area contributed by atoms with Gasteiger partial charge in [-0.2, -0.15) is 13.2 Å².